The standard InChI is InChI=1S/C16H17ClN4O3S3/c17-12-3-4-15(26-12)27(23,24)20-7-5-11(6-8-20)10-13-18-19-16(22)21(13)14-2-1-9-25-14/h1-4,9,11H,5-8,10H2,(H,19,22). The Bertz CT molecular complexity index is 1080. The first-order chi connectivity index (χ1) is 12.9. The van der Waals surface area contributed by atoms with Crippen molar-refractivity contribution in [2.75, 3.05) is 13.1 Å². The first-order valence-corrected chi connectivity index (χ1v) is 11.9. The molecule has 1 saturated heterocycles. The molecule has 0 saturated carbocycles. The van der Waals surface area contributed by atoms with Gasteiger partial charge in [-0.15, -0.1) is 22.7 Å². The maximum absolute atomic E-state index is 12.7. The summed E-state index contributed by atoms with van der Waals surface area (Å²) in [6, 6.07) is 6.93. The lowest BCUT2D eigenvalue weighted by Gasteiger charge is -2.30. The fourth-order valence-electron chi connectivity index (χ4n) is 3.27. The number of rotatable bonds is 5. The van der Waals surface area contributed by atoms with Crippen LogP contribution >= 0.6 is 34.3 Å². The number of hydrogen-bond donors (Lipinski definition) is 1. The largest absolute Gasteiger partial charge is 0.348 e. The van der Waals surface area contributed by atoms with Crippen LogP contribution in [0, 0.1) is 5.92 Å². The van der Waals surface area contributed by atoms with Gasteiger partial charge in [-0.25, -0.2) is 22.9 Å². The number of piperidine rings is 1. The van der Waals surface area contributed by atoms with Crippen LogP contribution in [0.25, 0.3) is 5.00 Å². The number of aromatic amines is 1. The summed E-state index contributed by atoms with van der Waals surface area (Å²) >= 11 is 8.44. The molecular weight excluding hydrogens is 428 g/mol. The number of sulfonamides is 1. The maximum atomic E-state index is 12.7. The van der Waals surface area contributed by atoms with Gasteiger partial charge in [0.2, 0.25) is 0 Å². The van der Waals surface area contributed by atoms with Gasteiger partial charge in [0.1, 0.15) is 15.0 Å². The van der Waals surface area contributed by atoms with E-state index in [-0.39, 0.29) is 15.8 Å². The molecule has 0 spiro atoms. The fraction of sp³-hybridized carbons (Fsp3) is 0.375. The fourth-order valence-corrected chi connectivity index (χ4v) is 7.12. The van der Waals surface area contributed by atoms with E-state index in [0.29, 0.717) is 29.7 Å². The number of thiophene rings is 2. The molecule has 11 heteroatoms. The van der Waals surface area contributed by atoms with Crippen LogP contribution in [0.3, 0.4) is 0 Å². The average molecular weight is 445 g/mol. The molecule has 1 aliphatic heterocycles. The number of nitrogens with one attached hydrogen (secondary N) is 1. The second kappa shape index (κ2) is 7.51. The molecule has 4 heterocycles. The van der Waals surface area contributed by atoms with Crippen LogP contribution in [0.15, 0.2) is 38.6 Å². The van der Waals surface area contributed by atoms with Crippen LogP contribution in [0.4, 0.5) is 0 Å². The van der Waals surface area contributed by atoms with Crippen LogP contribution in [-0.2, 0) is 16.4 Å². The molecule has 3 aromatic rings. The van der Waals surface area contributed by atoms with Gasteiger partial charge < -0.3 is 0 Å². The molecule has 0 radical (unpaired) electrons. The minimum Gasteiger partial charge on any atom is -0.246 e. The topological polar surface area (TPSA) is 88.1 Å². The molecule has 0 amide bonds. The lowest BCUT2D eigenvalue weighted by atomic mass is 9.94. The lowest BCUT2D eigenvalue weighted by molar-refractivity contribution is 0.270. The molecule has 144 valence electrons. The third kappa shape index (κ3) is 3.77. The van der Waals surface area contributed by atoms with Gasteiger partial charge in [-0.3, -0.25) is 0 Å². The lowest BCUT2D eigenvalue weighted by Crippen LogP contribution is -2.38. The summed E-state index contributed by atoms with van der Waals surface area (Å²) in [7, 11) is -3.48. The van der Waals surface area contributed by atoms with Crippen molar-refractivity contribution in [3.05, 3.63) is 50.3 Å². The third-order valence-electron chi connectivity index (χ3n) is 4.66. The van der Waals surface area contributed by atoms with Crippen LogP contribution < -0.4 is 5.69 Å². The molecule has 3 aromatic heterocycles. The molecular formula is C16H17ClN4O3S3. The molecule has 0 atom stereocenters. The van der Waals surface area contributed by atoms with E-state index in [2.05, 4.69) is 10.2 Å². The highest BCUT2D eigenvalue weighted by Gasteiger charge is 2.31. The highest BCUT2D eigenvalue weighted by molar-refractivity contribution is 7.91. The van der Waals surface area contributed by atoms with Crippen molar-refractivity contribution in [1.29, 1.82) is 0 Å². The second-order valence-electron chi connectivity index (χ2n) is 6.34. The van der Waals surface area contributed by atoms with Crippen LogP contribution in [0.5, 0.6) is 0 Å². The molecule has 4 rings (SSSR count). The van der Waals surface area contributed by atoms with Crippen molar-refractivity contribution in [2.24, 2.45) is 5.92 Å². The highest BCUT2D eigenvalue weighted by atomic mass is 35.5. The Kier molecular flexibility index (Phi) is 5.26. The quantitative estimate of drug-likeness (QED) is 0.655. The Labute approximate surface area is 169 Å². The molecule has 0 aromatic carbocycles. The van der Waals surface area contributed by atoms with Gasteiger partial charge in [-0.1, -0.05) is 11.6 Å². The minimum atomic E-state index is -3.48. The molecule has 0 aliphatic carbocycles. The van der Waals surface area contributed by atoms with E-state index in [1.54, 1.807) is 16.7 Å². The smallest absolute Gasteiger partial charge is 0.246 e. The predicted molar refractivity (Wildman–Crippen MR) is 107 cm³/mol. The van der Waals surface area contributed by atoms with E-state index in [4.69, 9.17) is 11.6 Å². The van der Waals surface area contributed by atoms with E-state index >= 15 is 0 Å². The van der Waals surface area contributed by atoms with Crippen molar-refractivity contribution in [3.8, 4) is 5.00 Å². The molecule has 1 N–H and O–H groups in total. The minimum absolute atomic E-state index is 0.248. The van der Waals surface area contributed by atoms with Crippen molar-refractivity contribution in [3.63, 3.8) is 0 Å². The Morgan fingerprint density at radius 1 is 1.26 bits per heavy atom. The van der Waals surface area contributed by atoms with Gasteiger partial charge in [-0.05, 0) is 48.4 Å². The number of halogens is 1. The Balaban J connectivity index is 1.45. The summed E-state index contributed by atoms with van der Waals surface area (Å²) in [6.45, 7) is 0.909. The summed E-state index contributed by atoms with van der Waals surface area (Å²) in [6.07, 6.45) is 2.09. The van der Waals surface area contributed by atoms with Crippen LogP contribution in [0.2, 0.25) is 4.34 Å². The van der Waals surface area contributed by atoms with Gasteiger partial charge in [-0.2, -0.15) is 9.40 Å². The number of hydrogen-bond acceptors (Lipinski definition) is 6. The SMILES string of the molecule is O=c1[nH]nc(CC2CCN(S(=O)(=O)c3ccc(Cl)s3)CC2)n1-c1cccs1. The number of aromatic nitrogens is 3. The summed E-state index contributed by atoms with van der Waals surface area (Å²) in [5.41, 5.74) is -0.248. The van der Waals surface area contributed by atoms with Crippen LogP contribution in [0.1, 0.15) is 18.7 Å². The first-order valence-electron chi connectivity index (χ1n) is 8.41. The van der Waals surface area contributed by atoms with Gasteiger partial charge in [0, 0.05) is 19.5 Å². The monoisotopic (exact) mass is 444 g/mol. The number of H-pyrrole nitrogens is 1. The molecule has 0 unspecified atom stereocenters. The first kappa shape index (κ1) is 18.9. The van der Waals surface area contributed by atoms with E-state index < -0.39 is 10.0 Å². The predicted octanol–water partition coefficient (Wildman–Crippen LogP) is 2.98. The van der Waals surface area contributed by atoms with E-state index in [0.717, 1.165) is 29.2 Å². The Hall–Kier alpha value is -1.46. The second-order valence-corrected chi connectivity index (χ2v) is 11.1. The van der Waals surface area contributed by atoms with Gasteiger partial charge in [0.15, 0.2) is 0 Å². The van der Waals surface area contributed by atoms with Crippen molar-refractivity contribution in [1.82, 2.24) is 19.1 Å². The molecule has 1 aliphatic rings. The van der Waals surface area contributed by atoms with Crippen molar-refractivity contribution >= 4 is 44.3 Å². The van der Waals surface area contributed by atoms with E-state index in [9.17, 15) is 13.2 Å². The third-order valence-corrected chi connectivity index (χ3v) is 9.11. The summed E-state index contributed by atoms with van der Waals surface area (Å²) < 4.78 is 29.3. The van der Waals surface area contributed by atoms with Gasteiger partial charge in [0.25, 0.3) is 10.0 Å². The molecule has 0 bridgehead atoms. The number of nitrogens with zero attached hydrogens (tertiary/aromatic N) is 3. The zero-order chi connectivity index (χ0) is 19.0. The molecule has 1 fully saturated rings. The van der Waals surface area contributed by atoms with Gasteiger partial charge >= 0.3 is 5.69 Å². The Morgan fingerprint density at radius 2 is 2.04 bits per heavy atom. The summed E-state index contributed by atoms with van der Waals surface area (Å²) in [5, 5.41) is 9.44. The van der Waals surface area contributed by atoms with Gasteiger partial charge in [0.05, 0.1) is 4.34 Å². The normalized spacial score (nSPS) is 16.8. The molecule has 7 nitrogen and oxygen atoms in total. The van der Waals surface area contributed by atoms with E-state index in [1.165, 1.54) is 15.6 Å². The zero-order valence-corrected chi connectivity index (χ0v) is 17.4. The van der Waals surface area contributed by atoms with Crippen molar-refractivity contribution in [2.45, 2.75) is 23.5 Å². The van der Waals surface area contributed by atoms with Crippen molar-refractivity contribution < 1.29 is 8.42 Å². The summed E-state index contributed by atoms with van der Waals surface area (Å²) in [4.78, 5) is 12.1. The maximum Gasteiger partial charge on any atom is 0.348 e. The Morgan fingerprint density at radius 3 is 2.67 bits per heavy atom. The average Bonchev–Trinajstić information content (AvgIpc) is 3.38. The molecule has 27 heavy (non-hydrogen) atoms. The zero-order valence-electron chi connectivity index (χ0n) is 14.2. The van der Waals surface area contributed by atoms with E-state index in [1.807, 2.05) is 17.5 Å². The highest BCUT2D eigenvalue weighted by Crippen LogP contribution is 2.31. The van der Waals surface area contributed by atoms with Crippen LogP contribution in [-0.4, -0.2) is 40.6 Å². The summed E-state index contributed by atoms with van der Waals surface area (Å²) in [5.74, 6) is 0.964.